The van der Waals surface area contributed by atoms with Crippen molar-refractivity contribution in [1.82, 2.24) is 0 Å². The van der Waals surface area contributed by atoms with Crippen LogP contribution < -0.4 is 0 Å². The molecule has 0 aromatic heterocycles. The second-order valence-corrected chi connectivity index (χ2v) is 5.18. The minimum atomic E-state index is -0.745. The summed E-state index contributed by atoms with van der Waals surface area (Å²) in [5.41, 5.74) is 0.392. The average molecular weight is 245 g/mol. The van der Waals surface area contributed by atoms with Crippen LogP contribution in [0.15, 0.2) is 36.4 Å². The number of rotatable bonds is 4. The third-order valence-electron chi connectivity index (χ3n) is 3.54. The first kappa shape index (κ1) is 12.5. The molecule has 2 unspecified atom stereocenters. The number of hydrogen-bond acceptors (Lipinski definition) is 3. The minimum Gasteiger partial charge on any atom is -0.294 e. The lowest BCUT2D eigenvalue weighted by Crippen LogP contribution is -2.09. The Morgan fingerprint density at radius 2 is 1.94 bits per heavy atom. The van der Waals surface area contributed by atoms with E-state index in [9.17, 15) is 14.9 Å². The molecule has 1 fully saturated rings. The van der Waals surface area contributed by atoms with Crippen molar-refractivity contribution in [2.24, 2.45) is 11.3 Å². The van der Waals surface area contributed by atoms with E-state index in [-0.39, 0.29) is 10.7 Å². The van der Waals surface area contributed by atoms with Gasteiger partial charge in [0.15, 0.2) is 5.78 Å². The standard InChI is InChI=1S/C14H15NO3/c1-14(2)12(13(14)15(17)18)11(16)9-8-10-6-4-3-5-7-10/h3-9,12-13H,1-2H3/b9-8+. The van der Waals surface area contributed by atoms with Gasteiger partial charge in [0.1, 0.15) is 5.92 Å². The van der Waals surface area contributed by atoms with Gasteiger partial charge in [-0.05, 0) is 11.6 Å². The molecule has 1 aliphatic rings. The molecule has 0 bridgehead atoms. The van der Waals surface area contributed by atoms with Gasteiger partial charge in [0.05, 0.1) is 0 Å². The molecule has 0 spiro atoms. The zero-order valence-corrected chi connectivity index (χ0v) is 10.4. The summed E-state index contributed by atoms with van der Waals surface area (Å²) in [7, 11) is 0. The van der Waals surface area contributed by atoms with Crippen LogP contribution in [0.3, 0.4) is 0 Å². The second-order valence-electron chi connectivity index (χ2n) is 5.18. The first-order valence-corrected chi connectivity index (χ1v) is 5.85. The molecule has 1 aliphatic carbocycles. The normalized spacial score (nSPS) is 25.0. The molecule has 0 radical (unpaired) electrons. The maximum atomic E-state index is 11.9. The highest BCUT2D eigenvalue weighted by molar-refractivity contribution is 5.98. The van der Waals surface area contributed by atoms with Crippen LogP contribution in [0, 0.1) is 21.4 Å². The Kier molecular flexibility index (Phi) is 3.03. The molecule has 0 saturated heterocycles. The van der Waals surface area contributed by atoms with Gasteiger partial charge in [-0.25, -0.2) is 0 Å². The number of carbonyl (C=O) groups is 1. The Labute approximate surface area is 105 Å². The van der Waals surface area contributed by atoms with E-state index in [4.69, 9.17) is 0 Å². The summed E-state index contributed by atoms with van der Waals surface area (Å²) >= 11 is 0. The van der Waals surface area contributed by atoms with E-state index in [1.165, 1.54) is 6.08 Å². The summed E-state index contributed by atoms with van der Waals surface area (Å²) in [6, 6.07) is 8.67. The van der Waals surface area contributed by atoms with Crippen LogP contribution in [-0.4, -0.2) is 16.7 Å². The van der Waals surface area contributed by atoms with Crippen molar-refractivity contribution in [3.8, 4) is 0 Å². The number of carbonyl (C=O) groups excluding carboxylic acids is 1. The number of allylic oxidation sites excluding steroid dienone is 1. The summed E-state index contributed by atoms with van der Waals surface area (Å²) in [5, 5.41) is 10.8. The van der Waals surface area contributed by atoms with Gasteiger partial charge in [0, 0.05) is 10.3 Å². The van der Waals surface area contributed by atoms with Crippen LogP contribution in [0.25, 0.3) is 6.08 Å². The third kappa shape index (κ3) is 2.18. The highest BCUT2D eigenvalue weighted by atomic mass is 16.6. The van der Waals surface area contributed by atoms with Crippen LogP contribution in [0.5, 0.6) is 0 Å². The van der Waals surface area contributed by atoms with Crippen molar-refractivity contribution >= 4 is 11.9 Å². The van der Waals surface area contributed by atoms with Gasteiger partial charge in [0.2, 0.25) is 6.04 Å². The molecule has 0 amide bonds. The predicted molar refractivity (Wildman–Crippen MR) is 68.5 cm³/mol. The van der Waals surface area contributed by atoms with Crippen molar-refractivity contribution in [2.75, 3.05) is 0 Å². The Hall–Kier alpha value is -1.97. The molecule has 2 rings (SSSR count). The van der Waals surface area contributed by atoms with Crippen molar-refractivity contribution in [3.63, 3.8) is 0 Å². The molecule has 1 aromatic carbocycles. The van der Waals surface area contributed by atoms with Crippen LogP contribution in [-0.2, 0) is 4.79 Å². The Balaban J connectivity index is 2.07. The topological polar surface area (TPSA) is 60.2 Å². The third-order valence-corrected chi connectivity index (χ3v) is 3.54. The Morgan fingerprint density at radius 3 is 2.44 bits per heavy atom. The van der Waals surface area contributed by atoms with Gasteiger partial charge in [-0.3, -0.25) is 14.9 Å². The molecule has 0 heterocycles. The number of nitrogens with zero attached hydrogens (tertiary/aromatic N) is 1. The largest absolute Gasteiger partial charge is 0.294 e. The van der Waals surface area contributed by atoms with Gasteiger partial charge in [0.25, 0.3) is 0 Å². The van der Waals surface area contributed by atoms with Gasteiger partial charge in [-0.1, -0.05) is 50.3 Å². The fraction of sp³-hybridized carbons (Fsp3) is 0.357. The molecule has 0 aliphatic heterocycles. The fourth-order valence-corrected chi connectivity index (χ4v) is 2.37. The lowest BCUT2D eigenvalue weighted by molar-refractivity contribution is -0.503. The zero-order chi connectivity index (χ0) is 13.3. The van der Waals surface area contributed by atoms with Crippen LogP contribution in [0.2, 0.25) is 0 Å². The minimum absolute atomic E-state index is 0.162. The summed E-state index contributed by atoms with van der Waals surface area (Å²) < 4.78 is 0. The molecule has 4 heteroatoms. The highest BCUT2D eigenvalue weighted by Crippen LogP contribution is 2.54. The fourth-order valence-electron chi connectivity index (χ4n) is 2.37. The van der Waals surface area contributed by atoms with Gasteiger partial charge < -0.3 is 0 Å². The summed E-state index contributed by atoms with van der Waals surface area (Å²) in [4.78, 5) is 22.4. The van der Waals surface area contributed by atoms with Crippen LogP contribution in [0.4, 0.5) is 0 Å². The number of benzene rings is 1. The van der Waals surface area contributed by atoms with E-state index in [0.29, 0.717) is 0 Å². The molecule has 0 N–H and O–H groups in total. The number of hydrogen-bond donors (Lipinski definition) is 0. The van der Waals surface area contributed by atoms with Crippen molar-refractivity contribution in [3.05, 3.63) is 52.1 Å². The van der Waals surface area contributed by atoms with Crippen LogP contribution >= 0.6 is 0 Å². The molecular formula is C14H15NO3. The zero-order valence-electron chi connectivity index (χ0n) is 10.4. The molecule has 1 aromatic rings. The summed E-state index contributed by atoms with van der Waals surface area (Å²) in [5.74, 6) is -0.655. The smallest absolute Gasteiger partial charge is 0.229 e. The first-order chi connectivity index (χ1) is 8.44. The van der Waals surface area contributed by atoms with E-state index >= 15 is 0 Å². The molecule has 94 valence electrons. The Morgan fingerprint density at radius 1 is 1.33 bits per heavy atom. The van der Waals surface area contributed by atoms with E-state index < -0.39 is 17.4 Å². The van der Waals surface area contributed by atoms with E-state index in [1.807, 2.05) is 30.3 Å². The molecule has 4 nitrogen and oxygen atoms in total. The van der Waals surface area contributed by atoms with Gasteiger partial charge in [-0.2, -0.15) is 0 Å². The molecular weight excluding hydrogens is 230 g/mol. The predicted octanol–water partition coefficient (Wildman–Crippen LogP) is 2.57. The monoisotopic (exact) mass is 245 g/mol. The summed E-state index contributed by atoms with van der Waals surface area (Å²) in [6.45, 7) is 3.53. The lowest BCUT2D eigenvalue weighted by Gasteiger charge is -1.94. The van der Waals surface area contributed by atoms with Crippen LogP contribution in [0.1, 0.15) is 19.4 Å². The Bertz CT molecular complexity index is 505. The highest BCUT2D eigenvalue weighted by Gasteiger charge is 2.70. The molecule has 2 atom stereocenters. The SMILES string of the molecule is CC1(C)C(C(=O)/C=C/c2ccccc2)C1[N+](=O)[O-]. The quantitative estimate of drug-likeness (QED) is 0.465. The van der Waals surface area contributed by atoms with E-state index in [2.05, 4.69) is 0 Å². The van der Waals surface area contributed by atoms with E-state index in [1.54, 1.807) is 19.9 Å². The van der Waals surface area contributed by atoms with E-state index in [0.717, 1.165) is 5.56 Å². The number of ketones is 1. The second kappa shape index (κ2) is 4.37. The summed E-state index contributed by atoms with van der Waals surface area (Å²) in [6.07, 6.45) is 3.15. The molecule has 18 heavy (non-hydrogen) atoms. The van der Waals surface area contributed by atoms with Gasteiger partial charge >= 0.3 is 0 Å². The average Bonchev–Trinajstić information content (AvgIpc) is 2.91. The van der Waals surface area contributed by atoms with Gasteiger partial charge in [-0.15, -0.1) is 0 Å². The lowest BCUT2D eigenvalue weighted by atomic mass is 10.1. The van der Waals surface area contributed by atoms with Crippen molar-refractivity contribution < 1.29 is 9.72 Å². The number of nitro groups is 1. The van der Waals surface area contributed by atoms with Crippen molar-refractivity contribution in [1.29, 1.82) is 0 Å². The maximum Gasteiger partial charge on any atom is 0.229 e. The first-order valence-electron chi connectivity index (χ1n) is 5.85. The molecule has 1 saturated carbocycles. The maximum absolute atomic E-state index is 11.9. The van der Waals surface area contributed by atoms with Crippen molar-refractivity contribution in [2.45, 2.75) is 19.9 Å².